The van der Waals surface area contributed by atoms with Crippen LogP contribution in [0.2, 0.25) is 0 Å². The van der Waals surface area contributed by atoms with E-state index < -0.39 is 0 Å². The maximum Gasteiger partial charge on any atom is 0.00388 e. The predicted molar refractivity (Wildman–Crippen MR) is 51.6 cm³/mol. The molecule has 1 aliphatic rings. The molecule has 1 nitrogen and oxygen atoms in total. The van der Waals surface area contributed by atoms with Crippen molar-refractivity contribution in [2.45, 2.75) is 58.9 Å². The standard InChI is InChI=1S/C6H13N.C4H10/c7-6-4-2-1-3-5-6;1-4(2)3/h6H,1-5,7H2;4H,1-3H3. The molecule has 11 heavy (non-hydrogen) atoms. The Kier molecular flexibility index (Phi) is 6.63. The molecule has 0 unspecified atom stereocenters. The maximum absolute atomic E-state index is 5.63. The molecule has 2 N–H and O–H groups in total. The lowest BCUT2D eigenvalue weighted by atomic mass is 9.97. The molecule has 1 saturated carbocycles. The molecule has 0 saturated heterocycles. The van der Waals surface area contributed by atoms with Gasteiger partial charge in [-0.1, -0.05) is 40.0 Å². The minimum Gasteiger partial charge on any atom is -0.328 e. The van der Waals surface area contributed by atoms with Gasteiger partial charge in [0.05, 0.1) is 0 Å². The Hall–Kier alpha value is -0.0400. The van der Waals surface area contributed by atoms with Crippen molar-refractivity contribution in [2.75, 3.05) is 0 Å². The second kappa shape index (κ2) is 6.66. The van der Waals surface area contributed by atoms with E-state index >= 15 is 0 Å². The van der Waals surface area contributed by atoms with Gasteiger partial charge in [-0.15, -0.1) is 0 Å². The van der Waals surface area contributed by atoms with Crippen molar-refractivity contribution in [3.05, 3.63) is 0 Å². The van der Waals surface area contributed by atoms with Crippen molar-refractivity contribution >= 4 is 0 Å². The summed E-state index contributed by atoms with van der Waals surface area (Å²) < 4.78 is 0. The third-order valence-electron chi connectivity index (χ3n) is 1.65. The first-order valence-electron chi connectivity index (χ1n) is 4.88. The molecule has 68 valence electrons. The van der Waals surface area contributed by atoms with Gasteiger partial charge in [0.15, 0.2) is 0 Å². The zero-order valence-corrected chi connectivity index (χ0v) is 8.27. The molecule has 0 spiro atoms. The molecule has 1 rings (SSSR count). The quantitative estimate of drug-likeness (QED) is 0.575. The molecule has 0 bridgehead atoms. The van der Waals surface area contributed by atoms with Crippen molar-refractivity contribution < 1.29 is 0 Å². The van der Waals surface area contributed by atoms with E-state index in [0.717, 1.165) is 5.92 Å². The zero-order valence-electron chi connectivity index (χ0n) is 8.27. The summed E-state index contributed by atoms with van der Waals surface area (Å²) in [6, 6.07) is 0.536. The average molecular weight is 157 g/mol. The summed E-state index contributed by atoms with van der Waals surface area (Å²) in [6.07, 6.45) is 6.66. The molecular formula is C10H23N. The predicted octanol–water partition coefficient (Wildman–Crippen LogP) is 2.94. The van der Waals surface area contributed by atoms with Crippen molar-refractivity contribution in [2.24, 2.45) is 11.7 Å². The fraction of sp³-hybridized carbons (Fsp3) is 1.00. The normalized spacial score (nSPS) is 19.4. The van der Waals surface area contributed by atoms with E-state index in [2.05, 4.69) is 20.8 Å². The molecule has 0 heterocycles. The first-order valence-corrected chi connectivity index (χ1v) is 4.88. The Morgan fingerprint density at radius 3 is 1.55 bits per heavy atom. The molecular weight excluding hydrogens is 134 g/mol. The second-order valence-corrected chi connectivity index (χ2v) is 4.13. The van der Waals surface area contributed by atoms with Crippen LogP contribution < -0.4 is 5.73 Å². The number of nitrogens with two attached hydrogens (primary N) is 1. The zero-order chi connectivity index (χ0) is 8.69. The van der Waals surface area contributed by atoms with Crippen molar-refractivity contribution in [3.8, 4) is 0 Å². The van der Waals surface area contributed by atoms with E-state index in [9.17, 15) is 0 Å². The van der Waals surface area contributed by atoms with Gasteiger partial charge in [-0.25, -0.2) is 0 Å². The fourth-order valence-corrected chi connectivity index (χ4v) is 1.13. The van der Waals surface area contributed by atoms with E-state index in [1.165, 1.54) is 32.1 Å². The summed E-state index contributed by atoms with van der Waals surface area (Å²) in [4.78, 5) is 0. The highest BCUT2D eigenvalue weighted by molar-refractivity contribution is 4.66. The molecule has 0 aliphatic heterocycles. The van der Waals surface area contributed by atoms with Crippen LogP contribution >= 0.6 is 0 Å². The monoisotopic (exact) mass is 157 g/mol. The van der Waals surface area contributed by atoms with Gasteiger partial charge in [0, 0.05) is 6.04 Å². The number of hydrogen-bond acceptors (Lipinski definition) is 1. The fourth-order valence-electron chi connectivity index (χ4n) is 1.13. The molecule has 1 fully saturated rings. The molecule has 0 atom stereocenters. The van der Waals surface area contributed by atoms with Crippen LogP contribution in [0, 0.1) is 5.92 Å². The summed E-state index contributed by atoms with van der Waals surface area (Å²) in [7, 11) is 0. The largest absolute Gasteiger partial charge is 0.328 e. The molecule has 0 radical (unpaired) electrons. The number of hydrogen-bond donors (Lipinski definition) is 1. The van der Waals surface area contributed by atoms with Gasteiger partial charge in [0.25, 0.3) is 0 Å². The number of rotatable bonds is 0. The summed E-state index contributed by atoms with van der Waals surface area (Å²) in [5.41, 5.74) is 5.63. The van der Waals surface area contributed by atoms with Gasteiger partial charge < -0.3 is 5.73 Å². The SMILES string of the molecule is CC(C)C.NC1CCCCC1. The van der Waals surface area contributed by atoms with Gasteiger partial charge >= 0.3 is 0 Å². The van der Waals surface area contributed by atoms with Gasteiger partial charge in [-0.3, -0.25) is 0 Å². The highest BCUT2D eigenvalue weighted by atomic mass is 14.6. The van der Waals surface area contributed by atoms with Crippen LogP contribution in [0.4, 0.5) is 0 Å². The average Bonchev–Trinajstić information content (AvgIpc) is 1.87. The molecule has 0 amide bonds. The third kappa shape index (κ3) is 9.96. The first-order chi connectivity index (χ1) is 5.13. The summed E-state index contributed by atoms with van der Waals surface area (Å²) in [5.74, 6) is 0.833. The van der Waals surface area contributed by atoms with Gasteiger partial charge in [0.1, 0.15) is 0 Å². The Labute approximate surface area is 71.4 Å². The minimum absolute atomic E-state index is 0.536. The van der Waals surface area contributed by atoms with Crippen molar-refractivity contribution in [3.63, 3.8) is 0 Å². The van der Waals surface area contributed by atoms with Gasteiger partial charge in [0.2, 0.25) is 0 Å². The molecule has 1 heteroatoms. The maximum atomic E-state index is 5.63. The molecule has 0 aromatic carbocycles. The van der Waals surface area contributed by atoms with Gasteiger partial charge in [-0.05, 0) is 18.8 Å². The summed E-state index contributed by atoms with van der Waals surface area (Å²) in [5, 5.41) is 0. The van der Waals surface area contributed by atoms with Crippen molar-refractivity contribution in [1.82, 2.24) is 0 Å². The molecule has 0 aromatic heterocycles. The lowest BCUT2D eigenvalue weighted by Gasteiger charge is -2.15. The first kappa shape index (κ1) is 11.0. The summed E-state index contributed by atoms with van der Waals surface area (Å²) in [6.45, 7) is 6.50. The lowest BCUT2D eigenvalue weighted by Crippen LogP contribution is -2.22. The molecule has 0 aromatic rings. The Bertz CT molecular complexity index is 70.2. The van der Waals surface area contributed by atoms with E-state index in [4.69, 9.17) is 5.73 Å². The Morgan fingerprint density at radius 1 is 1.00 bits per heavy atom. The summed E-state index contributed by atoms with van der Waals surface area (Å²) >= 11 is 0. The van der Waals surface area contributed by atoms with E-state index in [1.807, 2.05) is 0 Å². The lowest BCUT2D eigenvalue weighted by molar-refractivity contribution is 0.441. The van der Waals surface area contributed by atoms with Crippen LogP contribution in [-0.2, 0) is 0 Å². The highest BCUT2D eigenvalue weighted by Gasteiger charge is 2.06. The Balaban J connectivity index is 0.000000218. The van der Waals surface area contributed by atoms with Crippen LogP contribution in [0.25, 0.3) is 0 Å². The minimum atomic E-state index is 0.536. The van der Waals surface area contributed by atoms with E-state index in [0.29, 0.717) is 6.04 Å². The second-order valence-electron chi connectivity index (χ2n) is 4.13. The smallest absolute Gasteiger partial charge is 0.00388 e. The van der Waals surface area contributed by atoms with Crippen LogP contribution in [0.15, 0.2) is 0 Å². The van der Waals surface area contributed by atoms with Crippen LogP contribution in [-0.4, -0.2) is 6.04 Å². The highest BCUT2D eigenvalue weighted by Crippen LogP contribution is 2.14. The van der Waals surface area contributed by atoms with E-state index in [1.54, 1.807) is 0 Å². The van der Waals surface area contributed by atoms with Crippen LogP contribution in [0.1, 0.15) is 52.9 Å². The van der Waals surface area contributed by atoms with E-state index in [-0.39, 0.29) is 0 Å². The third-order valence-corrected chi connectivity index (χ3v) is 1.65. The topological polar surface area (TPSA) is 26.0 Å². The van der Waals surface area contributed by atoms with Crippen LogP contribution in [0.5, 0.6) is 0 Å². The van der Waals surface area contributed by atoms with Crippen molar-refractivity contribution in [1.29, 1.82) is 0 Å². The van der Waals surface area contributed by atoms with Gasteiger partial charge in [-0.2, -0.15) is 0 Å². The Morgan fingerprint density at radius 2 is 1.36 bits per heavy atom. The molecule has 1 aliphatic carbocycles. The van der Waals surface area contributed by atoms with Crippen LogP contribution in [0.3, 0.4) is 0 Å².